The molecule has 0 atom stereocenters. The quantitative estimate of drug-likeness (QED) is 0.805. The summed E-state index contributed by atoms with van der Waals surface area (Å²) in [6.07, 6.45) is 4.05. The number of carbonyl (C=O) groups is 1. The van der Waals surface area contributed by atoms with E-state index in [1.165, 1.54) is 0 Å². The second kappa shape index (κ2) is 6.46. The number of halogens is 2. The molecule has 1 saturated carbocycles. The summed E-state index contributed by atoms with van der Waals surface area (Å²) in [5.74, 6) is 0.821. The van der Waals surface area contributed by atoms with Gasteiger partial charge in [0.25, 0.3) is 0 Å². The van der Waals surface area contributed by atoms with Crippen molar-refractivity contribution in [3.8, 4) is 0 Å². The van der Waals surface area contributed by atoms with Gasteiger partial charge in [-0.1, -0.05) is 36.2 Å². The summed E-state index contributed by atoms with van der Waals surface area (Å²) in [5.41, 5.74) is 0.276. The zero-order chi connectivity index (χ0) is 14.8. The molecule has 0 aliphatic heterocycles. The molecule has 0 spiro atoms. The number of benzene rings is 1. The van der Waals surface area contributed by atoms with Gasteiger partial charge in [0.05, 0.1) is 10.0 Å². The topological polar surface area (TPSA) is 26.3 Å². The smallest absolute Gasteiger partial charge is 0.168 e. The Kier molecular flexibility index (Phi) is 5.11. The number of carbonyl (C=O) groups excluding carboxylic acids is 1. The van der Waals surface area contributed by atoms with E-state index in [2.05, 4.69) is 6.92 Å². The van der Waals surface area contributed by atoms with Gasteiger partial charge in [-0.25, -0.2) is 0 Å². The average Bonchev–Trinajstić information content (AvgIpc) is 2.44. The van der Waals surface area contributed by atoms with Gasteiger partial charge in [-0.05, 0) is 49.3 Å². The summed E-state index contributed by atoms with van der Waals surface area (Å²) in [6, 6.07) is 5.34. The molecule has 0 aromatic heterocycles. The Morgan fingerprint density at radius 1 is 1.30 bits per heavy atom. The number of ketones is 1. The first kappa shape index (κ1) is 15.8. The monoisotopic (exact) mass is 314 g/mol. The fourth-order valence-electron chi connectivity index (χ4n) is 2.82. The van der Waals surface area contributed by atoms with Crippen LogP contribution in [0.4, 0.5) is 0 Å². The van der Waals surface area contributed by atoms with Crippen LogP contribution in [0.3, 0.4) is 0 Å². The predicted molar refractivity (Wildman–Crippen MR) is 82.5 cm³/mol. The second-order valence-corrected chi connectivity index (χ2v) is 6.54. The first-order valence-corrected chi connectivity index (χ1v) is 7.75. The van der Waals surface area contributed by atoms with Crippen molar-refractivity contribution in [2.24, 2.45) is 5.92 Å². The molecule has 0 N–H and O–H groups in total. The van der Waals surface area contributed by atoms with Crippen LogP contribution in [0.1, 0.15) is 38.2 Å². The van der Waals surface area contributed by atoms with Crippen LogP contribution in [0.2, 0.25) is 10.0 Å². The Hall–Kier alpha value is -0.570. The summed E-state index contributed by atoms with van der Waals surface area (Å²) < 4.78 is 5.61. The van der Waals surface area contributed by atoms with E-state index < -0.39 is 5.60 Å². The van der Waals surface area contributed by atoms with Crippen molar-refractivity contribution in [2.45, 2.75) is 44.6 Å². The molecule has 110 valence electrons. The van der Waals surface area contributed by atoms with E-state index >= 15 is 0 Å². The maximum atomic E-state index is 12.6. The number of ether oxygens (including phenoxy) is 1. The highest BCUT2D eigenvalue weighted by Gasteiger charge is 2.40. The summed E-state index contributed by atoms with van der Waals surface area (Å²) in [5, 5.41) is 0.997. The molecule has 1 aliphatic carbocycles. The lowest BCUT2D eigenvalue weighted by Gasteiger charge is -2.37. The van der Waals surface area contributed by atoms with Crippen LogP contribution in [-0.4, -0.2) is 18.5 Å². The van der Waals surface area contributed by atoms with Gasteiger partial charge in [0.2, 0.25) is 0 Å². The fraction of sp³-hybridized carbons (Fsp3) is 0.562. The third-order valence-electron chi connectivity index (χ3n) is 4.33. The highest BCUT2D eigenvalue weighted by molar-refractivity contribution is 6.42. The summed E-state index contributed by atoms with van der Waals surface area (Å²) in [4.78, 5) is 12.6. The zero-order valence-corrected chi connectivity index (χ0v) is 13.4. The molecule has 0 saturated heterocycles. The summed E-state index contributed by atoms with van der Waals surface area (Å²) in [6.45, 7) is 2.23. The van der Waals surface area contributed by atoms with Crippen LogP contribution in [0, 0.1) is 5.92 Å². The lowest BCUT2D eigenvalue weighted by molar-refractivity contribution is -0.145. The van der Waals surface area contributed by atoms with Gasteiger partial charge in [-0.3, -0.25) is 4.79 Å². The molecule has 0 unspecified atom stereocenters. The Labute approximate surface area is 130 Å². The van der Waals surface area contributed by atoms with E-state index in [1.54, 1.807) is 19.2 Å². The Morgan fingerprint density at radius 3 is 2.50 bits per heavy atom. The van der Waals surface area contributed by atoms with Crippen molar-refractivity contribution >= 4 is 29.0 Å². The van der Waals surface area contributed by atoms with E-state index in [0.717, 1.165) is 31.2 Å². The van der Waals surface area contributed by atoms with Crippen LogP contribution < -0.4 is 0 Å². The molecular formula is C16H20Cl2O2. The van der Waals surface area contributed by atoms with Crippen LogP contribution in [0.5, 0.6) is 0 Å². The van der Waals surface area contributed by atoms with Gasteiger partial charge in [0, 0.05) is 13.5 Å². The molecule has 1 fully saturated rings. The van der Waals surface area contributed by atoms with Crippen LogP contribution in [-0.2, 0) is 16.0 Å². The Balaban J connectivity index is 2.11. The molecule has 2 nitrogen and oxygen atoms in total. The SMILES string of the molecule is COC1(C(=O)Cc2ccc(Cl)c(Cl)c2)CCC(C)CC1. The molecule has 1 aromatic rings. The number of hydrogen-bond donors (Lipinski definition) is 0. The predicted octanol–water partition coefficient (Wildman–Crippen LogP) is 4.70. The zero-order valence-electron chi connectivity index (χ0n) is 11.9. The minimum absolute atomic E-state index is 0.144. The van der Waals surface area contributed by atoms with E-state index in [1.807, 2.05) is 6.07 Å². The molecule has 1 aromatic carbocycles. The Bertz CT molecular complexity index is 491. The van der Waals surface area contributed by atoms with E-state index in [-0.39, 0.29) is 5.78 Å². The van der Waals surface area contributed by atoms with E-state index in [4.69, 9.17) is 27.9 Å². The standard InChI is InChI=1S/C16H20Cl2O2/c1-11-5-7-16(20-2,8-6-11)15(19)10-12-3-4-13(17)14(18)9-12/h3-4,9,11H,5-8,10H2,1-2H3. The van der Waals surface area contributed by atoms with Crippen molar-refractivity contribution in [3.05, 3.63) is 33.8 Å². The number of methoxy groups -OCH3 is 1. The number of rotatable bonds is 4. The largest absolute Gasteiger partial charge is 0.370 e. The molecule has 0 radical (unpaired) electrons. The summed E-state index contributed by atoms with van der Waals surface area (Å²) in [7, 11) is 1.64. The molecule has 20 heavy (non-hydrogen) atoms. The fourth-order valence-corrected chi connectivity index (χ4v) is 3.14. The van der Waals surface area contributed by atoms with Crippen molar-refractivity contribution in [1.82, 2.24) is 0 Å². The molecule has 0 amide bonds. The molecule has 0 heterocycles. The van der Waals surface area contributed by atoms with Gasteiger partial charge in [-0.15, -0.1) is 0 Å². The lowest BCUT2D eigenvalue weighted by Crippen LogP contribution is -2.44. The maximum absolute atomic E-state index is 12.6. The minimum atomic E-state index is -0.612. The maximum Gasteiger partial charge on any atom is 0.168 e. The molecular weight excluding hydrogens is 295 g/mol. The van der Waals surface area contributed by atoms with E-state index in [0.29, 0.717) is 22.4 Å². The van der Waals surface area contributed by atoms with Gasteiger partial charge < -0.3 is 4.74 Å². The molecule has 1 aliphatic rings. The van der Waals surface area contributed by atoms with Gasteiger partial charge in [0.15, 0.2) is 5.78 Å². The normalized spacial score (nSPS) is 26.5. The molecule has 4 heteroatoms. The van der Waals surface area contributed by atoms with Gasteiger partial charge in [0.1, 0.15) is 5.60 Å². The molecule has 0 bridgehead atoms. The third kappa shape index (κ3) is 3.36. The minimum Gasteiger partial charge on any atom is -0.370 e. The van der Waals surface area contributed by atoms with Crippen LogP contribution >= 0.6 is 23.2 Å². The van der Waals surface area contributed by atoms with Crippen LogP contribution in [0.25, 0.3) is 0 Å². The van der Waals surface area contributed by atoms with Crippen LogP contribution in [0.15, 0.2) is 18.2 Å². The van der Waals surface area contributed by atoms with Gasteiger partial charge >= 0.3 is 0 Å². The number of Topliss-reactive ketones (excluding diaryl/α,β-unsaturated/α-hetero) is 1. The Morgan fingerprint density at radius 2 is 1.95 bits per heavy atom. The van der Waals surface area contributed by atoms with Crippen molar-refractivity contribution < 1.29 is 9.53 Å². The first-order valence-electron chi connectivity index (χ1n) is 6.99. The van der Waals surface area contributed by atoms with Crippen molar-refractivity contribution in [2.75, 3.05) is 7.11 Å². The second-order valence-electron chi connectivity index (χ2n) is 5.73. The van der Waals surface area contributed by atoms with Crippen molar-refractivity contribution in [1.29, 1.82) is 0 Å². The number of hydrogen-bond acceptors (Lipinski definition) is 2. The third-order valence-corrected chi connectivity index (χ3v) is 5.07. The van der Waals surface area contributed by atoms with E-state index in [9.17, 15) is 4.79 Å². The van der Waals surface area contributed by atoms with Crippen molar-refractivity contribution in [3.63, 3.8) is 0 Å². The average molecular weight is 315 g/mol. The van der Waals surface area contributed by atoms with Gasteiger partial charge in [-0.2, -0.15) is 0 Å². The molecule has 2 rings (SSSR count). The lowest BCUT2D eigenvalue weighted by atomic mass is 9.76. The highest BCUT2D eigenvalue weighted by Crippen LogP contribution is 2.36. The first-order chi connectivity index (χ1) is 9.47. The highest BCUT2D eigenvalue weighted by atomic mass is 35.5. The summed E-state index contributed by atoms with van der Waals surface area (Å²) >= 11 is 11.9.